The molecular weight excluding hydrogens is 226 g/mol. The maximum atomic E-state index is 13.2. The van der Waals surface area contributed by atoms with Crippen molar-refractivity contribution in [1.82, 2.24) is 5.32 Å². The fourth-order valence-corrected chi connectivity index (χ4v) is 1.28. The van der Waals surface area contributed by atoms with Gasteiger partial charge in [-0.05, 0) is 24.6 Å². The number of halogens is 2. The third-order valence-corrected chi connectivity index (χ3v) is 2.07. The molecule has 0 fully saturated rings. The van der Waals surface area contributed by atoms with Crippen LogP contribution in [0.25, 0.3) is 0 Å². The molecule has 0 aliphatic heterocycles. The summed E-state index contributed by atoms with van der Waals surface area (Å²) in [5, 5.41) is 5.09. The van der Waals surface area contributed by atoms with Crippen LogP contribution >= 0.6 is 0 Å². The van der Waals surface area contributed by atoms with Crippen molar-refractivity contribution in [2.24, 2.45) is 5.92 Å². The van der Waals surface area contributed by atoms with Crippen molar-refractivity contribution in [1.29, 1.82) is 0 Å². The van der Waals surface area contributed by atoms with Crippen LogP contribution in [-0.4, -0.2) is 19.0 Å². The predicted octanol–water partition coefficient (Wildman–Crippen LogP) is 2.15. The van der Waals surface area contributed by atoms with E-state index in [9.17, 15) is 13.6 Å². The summed E-state index contributed by atoms with van der Waals surface area (Å²) in [5.74, 6) is -1.60. The molecule has 0 bridgehead atoms. The van der Waals surface area contributed by atoms with Gasteiger partial charge in [0.25, 0.3) is 0 Å². The van der Waals surface area contributed by atoms with E-state index in [2.05, 4.69) is 10.6 Å². The molecule has 3 nitrogen and oxygen atoms in total. The van der Waals surface area contributed by atoms with Gasteiger partial charge in [-0.1, -0.05) is 19.9 Å². The topological polar surface area (TPSA) is 41.1 Å². The van der Waals surface area contributed by atoms with Gasteiger partial charge in [-0.15, -0.1) is 0 Å². The molecule has 2 N–H and O–H groups in total. The molecule has 0 saturated heterocycles. The average molecular weight is 242 g/mol. The number of para-hydroxylation sites is 1. The second-order valence-corrected chi connectivity index (χ2v) is 4.17. The molecular formula is C12H16F2N2O. The first kappa shape index (κ1) is 13.6. The van der Waals surface area contributed by atoms with E-state index in [1.165, 1.54) is 6.07 Å². The second kappa shape index (κ2) is 6.30. The number of carbonyl (C=O) groups is 1. The van der Waals surface area contributed by atoms with Crippen molar-refractivity contribution >= 4 is 11.6 Å². The Balaban J connectivity index is 2.51. The molecule has 5 heteroatoms. The zero-order chi connectivity index (χ0) is 12.8. The number of carbonyl (C=O) groups excluding carboxylic acids is 1. The van der Waals surface area contributed by atoms with E-state index in [1.807, 2.05) is 13.8 Å². The standard InChI is InChI=1S/C12H16F2N2O/c1-8(2)6-15-7-11(17)16-12-9(13)4-3-5-10(12)14/h3-5,8,15H,6-7H2,1-2H3,(H,16,17). The lowest BCUT2D eigenvalue weighted by atomic mass is 10.2. The third-order valence-electron chi connectivity index (χ3n) is 2.07. The van der Waals surface area contributed by atoms with Crippen LogP contribution in [0.4, 0.5) is 14.5 Å². The van der Waals surface area contributed by atoms with E-state index in [1.54, 1.807) is 0 Å². The number of benzene rings is 1. The zero-order valence-corrected chi connectivity index (χ0v) is 9.89. The van der Waals surface area contributed by atoms with E-state index in [-0.39, 0.29) is 6.54 Å². The lowest BCUT2D eigenvalue weighted by Gasteiger charge is -2.09. The van der Waals surface area contributed by atoms with Gasteiger partial charge < -0.3 is 10.6 Å². The van der Waals surface area contributed by atoms with Gasteiger partial charge in [0, 0.05) is 0 Å². The summed E-state index contributed by atoms with van der Waals surface area (Å²) in [6, 6.07) is 3.44. The van der Waals surface area contributed by atoms with Crippen molar-refractivity contribution in [3.8, 4) is 0 Å². The number of hydrogen-bond acceptors (Lipinski definition) is 2. The molecule has 0 aliphatic carbocycles. The maximum Gasteiger partial charge on any atom is 0.238 e. The summed E-state index contributed by atoms with van der Waals surface area (Å²) < 4.78 is 26.4. The second-order valence-electron chi connectivity index (χ2n) is 4.17. The van der Waals surface area contributed by atoms with Crippen molar-refractivity contribution in [3.63, 3.8) is 0 Å². The molecule has 0 saturated carbocycles. The van der Waals surface area contributed by atoms with Gasteiger partial charge in [0.05, 0.1) is 6.54 Å². The van der Waals surface area contributed by atoms with E-state index in [4.69, 9.17) is 0 Å². The fourth-order valence-electron chi connectivity index (χ4n) is 1.28. The maximum absolute atomic E-state index is 13.2. The van der Waals surface area contributed by atoms with Crippen LogP contribution in [0, 0.1) is 17.6 Å². The van der Waals surface area contributed by atoms with Gasteiger partial charge >= 0.3 is 0 Å². The Hall–Kier alpha value is -1.49. The predicted molar refractivity (Wildman–Crippen MR) is 62.7 cm³/mol. The molecule has 0 heterocycles. The summed E-state index contributed by atoms with van der Waals surface area (Å²) in [4.78, 5) is 11.4. The Kier molecular flexibility index (Phi) is 5.03. The summed E-state index contributed by atoms with van der Waals surface area (Å²) in [7, 11) is 0. The Morgan fingerprint density at radius 1 is 1.29 bits per heavy atom. The van der Waals surface area contributed by atoms with Gasteiger partial charge in [-0.3, -0.25) is 4.79 Å². The first-order valence-electron chi connectivity index (χ1n) is 5.45. The number of amides is 1. The Labute approximate surface area is 99.2 Å². The highest BCUT2D eigenvalue weighted by Gasteiger charge is 2.11. The number of rotatable bonds is 5. The molecule has 94 valence electrons. The van der Waals surface area contributed by atoms with Crippen molar-refractivity contribution in [3.05, 3.63) is 29.8 Å². The molecule has 0 aliphatic rings. The highest BCUT2D eigenvalue weighted by atomic mass is 19.1. The largest absolute Gasteiger partial charge is 0.320 e. The van der Waals surface area contributed by atoms with E-state index in [0.717, 1.165) is 12.1 Å². The highest BCUT2D eigenvalue weighted by molar-refractivity contribution is 5.92. The molecule has 1 amide bonds. The quantitative estimate of drug-likeness (QED) is 0.830. The first-order valence-corrected chi connectivity index (χ1v) is 5.45. The molecule has 1 aromatic carbocycles. The number of hydrogen-bond donors (Lipinski definition) is 2. The van der Waals surface area contributed by atoms with Crippen LogP contribution in [-0.2, 0) is 4.79 Å². The molecule has 0 aromatic heterocycles. The van der Waals surface area contributed by atoms with E-state index < -0.39 is 23.2 Å². The Bertz CT molecular complexity index is 374. The third kappa shape index (κ3) is 4.48. The highest BCUT2D eigenvalue weighted by Crippen LogP contribution is 2.17. The molecule has 17 heavy (non-hydrogen) atoms. The fraction of sp³-hybridized carbons (Fsp3) is 0.417. The number of anilines is 1. The summed E-state index contributed by atoms with van der Waals surface area (Å²) in [6.07, 6.45) is 0. The average Bonchev–Trinajstić information content (AvgIpc) is 2.23. The van der Waals surface area contributed by atoms with Gasteiger partial charge in [-0.25, -0.2) is 8.78 Å². The smallest absolute Gasteiger partial charge is 0.238 e. The summed E-state index contributed by atoms with van der Waals surface area (Å²) >= 11 is 0. The lowest BCUT2D eigenvalue weighted by Crippen LogP contribution is -2.31. The van der Waals surface area contributed by atoms with E-state index >= 15 is 0 Å². The lowest BCUT2D eigenvalue weighted by molar-refractivity contribution is -0.115. The van der Waals surface area contributed by atoms with Crippen molar-refractivity contribution in [2.45, 2.75) is 13.8 Å². The molecule has 1 rings (SSSR count). The van der Waals surface area contributed by atoms with Gasteiger partial charge in [0.1, 0.15) is 17.3 Å². The minimum Gasteiger partial charge on any atom is -0.320 e. The minimum atomic E-state index is -0.776. The Morgan fingerprint density at radius 2 is 1.88 bits per heavy atom. The van der Waals surface area contributed by atoms with E-state index in [0.29, 0.717) is 12.5 Å². The van der Waals surface area contributed by atoms with Crippen LogP contribution < -0.4 is 10.6 Å². The summed E-state index contributed by atoms with van der Waals surface area (Å²) in [5.41, 5.74) is -0.399. The van der Waals surface area contributed by atoms with Crippen LogP contribution in [0.5, 0.6) is 0 Å². The Morgan fingerprint density at radius 3 is 2.41 bits per heavy atom. The normalized spacial score (nSPS) is 10.6. The van der Waals surface area contributed by atoms with Crippen LogP contribution in [0.1, 0.15) is 13.8 Å². The minimum absolute atomic E-state index is 0.0337. The molecule has 0 radical (unpaired) electrons. The van der Waals surface area contributed by atoms with Gasteiger partial charge in [0.2, 0.25) is 5.91 Å². The van der Waals surface area contributed by atoms with Crippen LogP contribution in [0.3, 0.4) is 0 Å². The molecule has 0 unspecified atom stereocenters. The van der Waals surface area contributed by atoms with Crippen LogP contribution in [0.2, 0.25) is 0 Å². The number of nitrogens with one attached hydrogen (secondary N) is 2. The SMILES string of the molecule is CC(C)CNCC(=O)Nc1c(F)cccc1F. The molecule has 0 spiro atoms. The van der Waals surface area contributed by atoms with Gasteiger partial charge in [0.15, 0.2) is 0 Å². The van der Waals surface area contributed by atoms with Crippen LogP contribution in [0.15, 0.2) is 18.2 Å². The zero-order valence-electron chi connectivity index (χ0n) is 9.89. The summed E-state index contributed by atoms with van der Waals surface area (Å²) in [6.45, 7) is 4.71. The molecule has 1 aromatic rings. The van der Waals surface area contributed by atoms with Gasteiger partial charge in [-0.2, -0.15) is 0 Å². The molecule has 0 atom stereocenters. The van der Waals surface area contributed by atoms with Crippen molar-refractivity contribution < 1.29 is 13.6 Å². The van der Waals surface area contributed by atoms with Crippen molar-refractivity contribution in [2.75, 3.05) is 18.4 Å². The first-order chi connectivity index (χ1) is 8.00. The monoisotopic (exact) mass is 242 g/mol.